The molecule has 2 nitrogen and oxygen atoms in total. The van der Waals surface area contributed by atoms with Crippen LogP contribution in [0.15, 0.2) is 24.3 Å². The molecule has 2 rings (SSSR count). The fourth-order valence-corrected chi connectivity index (χ4v) is 2.32. The van der Waals surface area contributed by atoms with Crippen molar-refractivity contribution in [3.63, 3.8) is 0 Å². The lowest BCUT2D eigenvalue weighted by Gasteiger charge is -2.39. The van der Waals surface area contributed by atoms with E-state index in [2.05, 4.69) is 5.32 Å². The van der Waals surface area contributed by atoms with Crippen molar-refractivity contribution in [2.24, 2.45) is 0 Å². The van der Waals surface area contributed by atoms with Crippen molar-refractivity contribution in [1.82, 2.24) is 5.32 Å². The third kappa shape index (κ3) is 2.02. The van der Waals surface area contributed by atoms with E-state index in [1.165, 1.54) is 6.07 Å². The van der Waals surface area contributed by atoms with Gasteiger partial charge in [0.15, 0.2) is 0 Å². The van der Waals surface area contributed by atoms with Crippen LogP contribution in [-0.2, 0) is 5.54 Å². The summed E-state index contributed by atoms with van der Waals surface area (Å²) < 4.78 is 26.8. The molecule has 16 heavy (non-hydrogen) atoms. The Morgan fingerprint density at radius 3 is 2.62 bits per heavy atom. The predicted octanol–water partition coefficient (Wildman–Crippen LogP) is 2.63. The second-order valence-corrected chi connectivity index (χ2v) is 4.56. The molecule has 0 aromatic heterocycles. The summed E-state index contributed by atoms with van der Waals surface area (Å²) >= 11 is 0. The Hall–Kier alpha value is -1.16. The summed E-state index contributed by atoms with van der Waals surface area (Å²) in [4.78, 5) is 0. The molecule has 1 heterocycles. The molecule has 1 unspecified atom stereocenters. The van der Waals surface area contributed by atoms with Crippen LogP contribution in [0.25, 0.3) is 0 Å². The third-order valence-corrected chi connectivity index (χ3v) is 3.12. The van der Waals surface area contributed by atoms with E-state index in [4.69, 9.17) is 0 Å². The Bertz CT molecular complexity index is 394. The van der Waals surface area contributed by atoms with E-state index in [9.17, 15) is 13.9 Å². The molecular formula is C12H15F2NO. The summed E-state index contributed by atoms with van der Waals surface area (Å²) in [6.07, 6.45) is -0.423. The molecule has 1 aromatic rings. The average Bonchev–Trinajstić information content (AvgIpc) is 2.16. The Morgan fingerprint density at radius 1 is 1.31 bits per heavy atom. The second-order valence-electron chi connectivity index (χ2n) is 4.56. The van der Waals surface area contributed by atoms with E-state index in [1.807, 2.05) is 0 Å². The zero-order valence-electron chi connectivity index (χ0n) is 9.13. The van der Waals surface area contributed by atoms with Crippen LogP contribution in [0.3, 0.4) is 0 Å². The highest BCUT2D eigenvalue weighted by Crippen LogP contribution is 2.41. The van der Waals surface area contributed by atoms with Gasteiger partial charge in [0.2, 0.25) is 0 Å². The molecule has 1 atom stereocenters. The lowest BCUT2D eigenvalue weighted by Crippen LogP contribution is -2.50. The molecule has 1 saturated heterocycles. The predicted molar refractivity (Wildman–Crippen MR) is 57.6 cm³/mol. The topological polar surface area (TPSA) is 32.3 Å². The van der Waals surface area contributed by atoms with Crippen LogP contribution in [-0.4, -0.2) is 17.6 Å². The van der Waals surface area contributed by atoms with Crippen LogP contribution in [0, 0.1) is 0 Å². The first-order valence-corrected chi connectivity index (χ1v) is 5.34. The number of phenols is 1. The standard InChI is InChI=1S/C12H15F2NO/c1-11(8-12(13,14)6-7-15-11)9-4-2-3-5-10(9)16/h2-5,15-16H,6-8H2,1H3. The summed E-state index contributed by atoms with van der Waals surface area (Å²) in [5, 5.41) is 12.8. The van der Waals surface area contributed by atoms with Gasteiger partial charge in [0.25, 0.3) is 5.92 Å². The van der Waals surface area contributed by atoms with Crippen LogP contribution in [0.1, 0.15) is 25.3 Å². The molecule has 1 fully saturated rings. The molecular weight excluding hydrogens is 212 g/mol. The van der Waals surface area contributed by atoms with Gasteiger partial charge in [0.1, 0.15) is 5.75 Å². The molecule has 1 aromatic carbocycles. The number of alkyl halides is 2. The first-order chi connectivity index (χ1) is 7.43. The lowest BCUT2D eigenvalue weighted by atomic mass is 9.82. The number of halogens is 2. The SMILES string of the molecule is CC1(c2ccccc2O)CC(F)(F)CCN1. The lowest BCUT2D eigenvalue weighted by molar-refractivity contribution is -0.0614. The highest BCUT2D eigenvalue weighted by Gasteiger charge is 2.44. The Balaban J connectivity index is 2.35. The Morgan fingerprint density at radius 2 is 2.00 bits per heavy atom. The van der Waals surface area contributed by atoms with Crippen LogP contribution in [0.2, 0.25) is 0 Å². The number of phenolic OH excluding ortho intramolecular Hbond substituents is 1. The molecule has 1 aliphatic heterocycles. The number of piperidine rings is 1. The van der Waals surface area contributed by atoms with Gasteiger partial charge in [-0.1, -0.05) is 18.2 Å². The first kappa shape index (κ1) is 11.3. The van der Waals surface area contributed by atoms with Crippen molar-refractivity contribution in [3.8, 4) is 5.75 Å². The van der Waals surface area contributed by atoms with Crippen LogP contribution < -0.4 is 5.32 Å². The van der Waals surface area contributed by atoms with E-state index in [-0.39, 0.29) is 25.1 Å². The molecule has 0 radical (unpaired) electrons. The van der Waals surface area contributed by atoms with E-state index >= 15 is 0 Å². The Labute approximate surface area is 93.3 Å². The van der Waals surface area contributed by atoms with Gasteiger partial charge in [-0.2, -0.15) is 0 Å². The summed E-state index contributed by atoms with van der Waals surface area (Å²) in [7, 11) is 0. The quantitative estimate of drug-likeness (QED) is 0.773. The summed E-state index contributed by atoms with van der Waals surface area (Å²) in [6, 6.07) is 6.64. The van der Waals surface area contributed by atoms with E-state index in [0.29, 0.717) is 5.56 Å². The fourth-order valence-electron chi connectivity index (χ4n) is 2.32. The van der Waals surface area contributed by atoms with Crippen LogP contribution in [0.4, 0.5) is 8.78 Å². The molecule has 88 valence electrons. The number of benzene rings is 1. The molecule has 0 aliphatic carbocycles. The minimum absolute atomic E-state index is 0.0650. The van der Waals surface area contributed by atoms with Crippen molar-refractivity contribution in [3.05, 3.63) is 29.8 Å². The monoisotopic (exact) mass is 227 g/mol. The van der Waals surface area contributed by atoms with Gasteiger partial charge in [-0.25, -0.2) is 8.78 Å². The summed E-state index contributed by atoms with van der Waals surface area (Å²) in [5.74, 6) is -2.60. The first-order valence-electron chi connectivity index (χ1n) is 5.34. The van der Waals surface area contributed by atoms with Gasteiger partial charge in [0, 0.05) is 30.5 Å². The summed E-state index contributed by atoms with van der Waals surface area (Å²) in [5.41, 5.74) is -0.318. The normalized spacial score (nSPS) is 28.9. The van der Waals surface area contributed by atoms with Crippen molar-refractivity contribution < 1.29 is 13.9 Å². The Kier molecular flexibility index (Phi) is 2.62. The maximum atomic E-state index is 13.4. The van der Waals surface area contributed by atoms with E-state index < -0.39 is 11.5 Å². The van der Waals surface area contributed by atoms with Gasteiger partial charge < -0.3 is 10.4 Å². The number of hydrogen-bond donors (Lipinski definition) is 2. The van der Waals surface area contributed by atoms with E-state index in [1.54, 1.807) is 25.1 Å². The van der Waals surface area contributed by atoms with Crippen molar-refractivity contribution in [2.75, 3.05) is 6.54 Å². The maximum Gasteiger partial charge on any atom is 0.251 e. The molecule has 4 heteroatoms. The molecule has 0 amide bonds. The zero-order valence-corrected chi connectivity index (χ0v) is 9.13. The third-order valence-electron chi connectivity index (χ3n) is 3.12. The second kappa shape index (κ2) is 3.70. The molecule has 1 aliphatic rings. The average molecular weight is 227 g/mol. The molecule has 0 spiro atoms. The van der Waals surface area contributed by atoms with Gasteiger partial charge in [-0.3, -0.25) is 0 Å². The van der Waals surface area contributed by atoms with Crippen molar-refractivity contribution >= 4 is 0 Å². The van der Waals surface area contributed by atoms with Crippen molar-refractivity contribution in [1.29, 1.82) is 0 Å². The smallest absolute Gasteiger partial charge is 0.251 e. The van der Waals surface area contributed by atoms with Gasteiger partial charge >= 0.3 is 0 Å². The van der Waals surface area contributed by atoms with Gasteiger partial charge in [-0.15, -0.1) is 0 Å². The minimum Gasteiger partial charge on any atom is -0.508 e. The van der Waals surface area contributed by atoms with Crippen LogP contribution in [0.5, 0.6) is 5.75 Å². The maximum absolute atomic E-state index is 13.4. The number of rotatable bonds is 1. The largest absolute Gasteiger partial charge is 0.508 e. The number of aromatic hydroxyl groups is 1. The minimum atomic E-state index is -2.66. The number of para-hydroxylation sites is 1. The van der Waals surface area contributed by atoms with Gasteiger partial charge in [0.05, 0.1) is 0 Å². The zero-order chi connectivity index (χ0) is 11.8. The fraction of sp³-hybridized carbons (Fsp3) is 0.500. The highest BCUT2D eigenvalue weighted by atomic mass is 19.3. The van der Waals surface area contributed by atoms with E-state index in [0.717, 1.165) is 0 Å². The highest BCUT2D eigenvalue weighted by molar-refractivity contribution is 5.38. The van der Waals surface area contributed by atoms with Crippen LogP contribution >= 0.6 is 0 Å². The number of nitrogens with one attached hydrogen (secondary N) is 1. The number of hydrogen-bond acceptors (Lipinski definition) is 2. The molecule has 2 N–H and O–H groups in total. The summed E-state index contributed by atoms with van der Waals surface area (Å²) in [6.45, 7) is 1.97. The van der Waals surface area contributed by atoms with Crippen molar-refractivity contribution in [2.45, 2.75) is 31.2 Å². The van der Waals surface area contributed by atoms with Gasteiger partial charge in [-0.05, 0) is 13.0 Å². The molecule has 0 bridgehead atoms. The molecule has 0 saturated carbocycles.